The van der Waals surface area contributed by atoms with Gasteiger partial charge in [0, 0.05) is 11.8 Å². The van der Waals surface area contributed by atoms with E-state index in [1.54, 1.807) is 30.3 Å². The molecule has 0 radical (unpaired) electrons. The van der Waals surface area contributed by atoms with E-state index < -0.39 is 11.7 Å². The Morgan fingerprint density at radius 3 is 2.22 bits per heavy atom. The number of aryl methyl sites for hydroxylation is 2. The van der Waals surface area contributed by atoms with Crippen molar-refractivity contribution in [1.29, 1.82) is 0 Å². The maximum absolute atomic E-state index is 13.7. The van der Waals surface area contributed by atoms with Gasteiger partial charge >= 0.3 is 0 Å². The van der Waals surface area contributed by atoms with Crippen molar-refractivity contribution in [3.8, 4) is 0 Å². The van der Waals surface area contributed by atoms with Crippen LogP contribution in [0.3, 0.4) is 0 Å². The van der Waals surface area contributed by atoms with Gasteiger partial charge in [-0.2, -0.15) is 0 Å². The van der Waals surface area contributed by atoms with Gasteiger partial charge in [-0.05, 0) is 56.3 Å². The minimum atomic E-state index is -0.526. The fourth-order valence-corrected chi connectivity index (χ4v) is 2.71. The summed E-state index contributed by atoms with van der Waals surface area (Å²) in [7, 11) is 0. The van der Waals surface area contributed by atoms with Gasteiger partial charge in [-0.1, -0.05) is 23.3 Å². The molecule has 136 valence electrons. The lowest BCUT2D eigenvalue weighted by molar-refractivity contribution is 0.101. The Morgan fingerprint density at radius 1 is 0.852 bits per heavy atom. The first-order valence-corrected chi connectivity index (χ1v) is 8.34. The predicted molar refractivity (Wildman–Crippen MR) is 102 cm³/mol. The quantitative estimate of drug-likeness (QED) is 0.724. The summed E-state index contributed by atoms with van der Waals surface area (Å²) in [5.41, 5.74) is 3.02. The van der Waals surface area contributed by atoms with Crippen LogP contribution in [0.1, 0.15) is 32.0 Å². The number of amides is 2. The van der Waals surface area contributed by atoms with Crippen molar-refractivity contribution in [3.05, 3.63) is 89.0 Å². The van der Waals surface area contributed by atoms with Crippen molar-refractivity contribution in [3.63, 3.8) is 0 Å². The van der Waals surface area contributed by atoms with Crippen LogP contribution in [0, 0.1) is 19.7 Å². The average Bonchev–Trinajstić information content (AvgIpc) is 2.63. The van der Waals surface area contributed by atoms with E-state index in [0.29, 0.717) is 5.56 Å². The molecule has 0 unspecified atom stereocenters. The Hall–Kier alpha value is -3.54. The van der Waals surface area contributed by atoms with Gasteiger partial charge in [0.2, 0.25) is 0 Å². The summed E-state index contributed by atoms with van der Waals surface area (Å²) < 4.78 is 13.7. The molecule has 0 saturated heterocycles. The molecule has 0 bridgehead atoms. The summed E-state index contributed by atoms with van der Waals surface area (Å²) in [5, 5.41) is 5.32. The Bertz CT molecular complexity index is 983. The van der Waals surface area contributed by atoms with Crippen LogP contribution in [-0.2, 0) is 0 Å². The summed E-state index contributed by atoms with van der Waals surface area (Å²) in [6, 6.07) is 14.2. The molecule has 0 fully saturated rings. The second-order valence-electron chi connectivity index (χ2n) is 6.19. The third-order valence-electron chi connectivity index (χ3n) is 3.86. The molecule has 1 heterocycles. The molecule has 3 aromatic rings. The zero-order valence-corrected chi connectivity index (χ0v) is 14.9. The molecule has 1 aromatic heterocycles. The van der Waals surface area contributed by atoms with Gasteiger partial charge in [-0.15, -0.1) is 0 Å². The highest BCUT2D eigenvalue weighted by Crippen LogP contribution is 2.24. The predicted octanol–water partition coefficient (Wildman–Crippen LogP) is 4.34. The van der Waals surface area contributed by atoms with Crippen LogP contribution in [0.25, 0.3) is 0 Å². The molecule has 27 heavy (non-hydrogen) atoms. The van der Waals surface area contributed by atoms with Gasteiger partial charge in [-0.3, -0.25) is 14.6 Å². The van der Waals surface area contributed by atoms with Gasteiger partial charge in [0.25, 0.3) is 11.8 Å². The average molecular weight is 363 g/mol. The van der Waals surface area contributed by atoms with Crippen molar-refractivity contribution in [2.24, 2.45) is 0 Å². The Balaban J connectivity index is 1.86. The van der Waals surface area contributed by atoms with Crippen LogP contribution in [0.15, 0.2) is 60.8 Å². The second-order valence-corrected chi connectivity index (χ2v) is 6.19. The summed E-state index contributed by atoms with van der Waals surface area (Å²) in [4.78, 5) is 28.9. The lowest BCUT2D eigenvalue weighted by atomic mass is 10.1. The molecule has 2 N–H and O–H groups in total. The smallest absolute Gasteiger partial charge is 0.274 e. The van der Waals surface area contributed by atoms with E-state index in [9.17, 15) is 14.0 Å². The fourth-order valence-electron chi connectivity index (χ4n) is 2.71. The van der Waals surface area contributed by atoms with E-state index in [-0.39, 0.29) is 23.0 Å². The van der Waals surface area contributed by atoms with E-state index in [1.807, 2.05) is 19.9 Å². The van der Waals surface area contributed by atoms with E-state index >= 15 is 0 Å². The van der Waals surface area contributed by atoms with Crippen LogP contribution in [0.4, 0.5) is 15.8 Å². The first-order chi connectivity index (χ1) is 12.9. The summed E-state index contributed by atoms with van der Waals surface area (Å²) in [5.74, 6) is -1.37. The normalized spacial score (nSPS) is 10.3. The zero-order chi connectivity index (χ0) is 19.4. The SMILES string of the molecule is Cc1cc(C)cc(C(=O)Nc2cc(F)ccc2NC(=O)c2ccccn2)c1. The first kappa shape index (κ1) is 18.3. The monoisotopic (exact) mass is 363 g/mol. The van der Waals surface area contributed by atoms with E-state index in [1.165, 1.54) is 18.3 Å². The third-order valence-corrected chi connectivity index (χ3v) is 3.86. The molecule has 2 amide bonds. The third kappa shape index (κ3) is 4.55. The molecule has 6 heteroatoms. The van der Waals surface area contributed by atoms with Gasteiger partial charge < -0.3 is 10.6 Å². The summed E-state index contributed by atoms with van der Waals surface area (Å²) >= 11 is 0. The zero-order valence-electron chi connectivity index (χ0n) is 14.9. The van der Waals surface area contributed by atoms with Crippen LogP contribution < -0.4 is 10.6 Å². The second kappa shape index (κ2) is 7.78. The molecule has 0 spiro atoms. The standard InChI is InChI=1S/C21H18FN3O2/c1-13-9-14(2)11-15(10-13)20(26)25-19-12-16(22)6-7-17(19)24-21(27)18-5-3-4-8-23-18/h3-12H,1-2H3,(H,24,27)(H,25,26). The van der Waals surface area contributed by atoms with E-state index in [2.05, 4.69) is 15.6 Å². The molecular weight excluding hydrogens is 345 g/mol. The number of pyridine rings is 1. The summed E-state index contributed by atoms with van der Waals surface area (Å²) in [6.45, 7) is 3.79. The van der Waals surface area contributed by atoms with Gasteiger partial charge in [0.1, 0.15) is 11.5 Å². The molecule has 5 nitrogen and oxygen atoms in total. The van der Waals surface area contributed by atoms with Crippen LogP contribution in [0.5, 0.6) is 0 Å². The van der Waals surface area contributed by atoms with Crippen molar-refractivity contribution in [2.45, 2.75) is 13.8 Å². The summed E-state index contributed by atoms with van der Waals surface area (Å²) in [6.07, 6.45) is 1.50. The number of rotatable bonds is 4. The lowest BCUT2D eigenvalue weighted by Gasteiger charge is -2.13. The van der Waals surface area contributed by atoms with Crippen molar-refractivity contribution < 1.29 is 14.0 Å². The number of hydrogen-bond acceptors (Lipinski definition) is 3. The van der Waals surface area contributed by atoms with Gasteiger partial charge in [-0.25, -0.2) is 4.39 Å². The number of carbonyl (C=O) groups is 2. The number of hydrogen-bond donors (Lipinski definition) is 2. The minimum Gasteiger partial charge on any atom is -0.320 e. The lowest BCUT2D eigenvalue weighted by Crippen LogP contribution is -2.18. The number of carbonyl (C=O) groups excluding carboxylic acids is 2. The van der Waals surface area contributed by atoms with E-state index in [4.69, 9.17) is 0 Å². The maximum atomic E-state index is 13.7. The molecule has 0 aliphatic rings. The molecule has 0 atom stereocenters. The number of nitrogens with one attached hydrogen (secondary N) is 2. The molecule has 0 aliphatic heterocycles. The number of benzene rings is 2. The Morgan fingerprint density at radius 2 is 1.56 bits per heavy atom. The highest BCUT2D eigenvalue weighted by Gasteiger charge is 2.14. The molecule has 3 rings (SSSR count). The van der Waals surface area contributed by atoms with Gasteiger partial charge in [0.15, 0.2) is 0 Å². The van der Waals surface area contributed by atoms with Gasteiger partial charge in [0.05, 0.1) is 11.4 Å². The first-order valence-electron chi connectivity index (χ1n) is 8.34. The highest BCUT2D eigenvalue weighted by atomic mass is 19.1. The van der Waals surface area contributed by atoms with Crippen molar-refractivity contribution in [1.82, 2.24) is 4.98 Å². The molecule has 0 aliphatic carbocycles. The molecule has 2 aromatic carbocycles. The van der Waals surface area contributed by atoms with Crippen molar-refractivity contribution >= 4 is 23.2 Å². The highest BCUT2D eigenvalue weighted by molar-refractivity contribution is 6.09. The number of halogens is 1. The number of nitrogens with zero attached hydrogens (tertiary/aromatic N) is 1. The Labute approximate surface area is 156 Å². The van der Waals surface area contributed by atoms with Crippen molar-refractivity contribution in [2.75, 3.05) is 10.6 Å². The van der Waals surface area contributed by atoms with E-state index in [0.717, 1.165) is 17.2 Å². The topological polar surface area (TPSA) is 71.1 Å². The minimum absolute atomic E-state index is 0.170. The molecular formula is C21H18FN3O2. The van der Waals surface area contributed by atoms with Crippen LogP contribution in [-0.4, -0.2) is 16.8 Å². The maximum Gasteiger partial charge on any atom is 0.274 e. The fraction of sp³-hybridized carbons (Fsp3) is 0.0952. The number of anilines is 2. The largest absolute Gasteiger partial charge is 0.320 e. The number of aromatic nitrogens is 1. The molecule has 0 saturated carbocycles. The van der Waals surface area contributed by atoms with Crippen LogP contribution >= 0.6 is 0 Å². The Kier molecular flexibility index (Phi) is 5.26. The van der Waals surface area contributed by atoms with Crippen LogP contribution in [0.2, 0.25) is 0 Å².